The Hall–Kier alpha value is -1.94. The van der Waals surface area contributed by atoms with Crippen LogP contribution in [-0.2, 0) is 0 Å². The maximum absolute atomic E-state index is 5.74. The zero-order valence-electron chi connectivity index (χ0n) is 11.8. The van der Waals surface area contributed by atoms with E-state index in [1.807, 2.05) is 44.3 Å². The summed E-state index contributed by atoms with van der Waals surface area (Å²) in [5.41, 5.74) is 1.10. The molecule has 1 atom stereocenters. The number of hydrogen-bond donors (Lipinski definition) is 1. The van der Waals surface area contributed by atoms with E-state index in [0.717, 1.165) is 35.0 Å². The highest BCUT2D eigenvalue weighted by Crippen LogP contribution is 2.34. The highest BCUT2D eigenvalue weighted by molar-refractivity contribution is 5.45. The standard InChI is InChI=1S/C16H19NO3/c1-11-4-6-14(20-11)16(17-2)12-5-7-13-15(10-12)19-9-3-8-18-13/h4-7,10,16-17H,3,8-9H2,1-2H3. The first-order valence-corrected chi connectivity index (χ1v) is 6.91. The molecule has 4 nitrogen and oxygen atoms in total. The Morgan fingerprint density at radius 2 is 1.85 bits per heavy atom. The van der Waals surface area contributed by atoms with Gasteiger partial charge in [-0.15, -0.1) is 0 Å². The molecule has 3 rings (SSSR count). The van der Waals surface area contributed by atoms with E-state index < -0.39 is 0 Å². The van der Waals surface area contributed by atoms with Crippen LogP contribution >= 0.6 is 0 Å². The van der Waals surface area contributed by atoms with E-state index in [2.05, 4.69) is 5.32 Å². The van der Waals surface area contributed by atoms with E-state index in [1.54, 1.807) is 0 Å². The molecular weight excluding hydrogens is 254 g/mol. The fourth-order valence-electron chi connectivity index (χ4n) is 2.44. The molecule has 106 valence electrons. The van der Waals surface area contributed by atoms with Gasteiger partial charge in [-0.1, -0.05) is 6.07 Å². The predicted molar refractivity (Wildman–Crippen MR) is 76.4 cm³/mol. The maximum atomic E-state index is 5.74. The third kappa shape index (κ3) is 2.51. The van der Waals surface area contributed by atoms with E-state index in [0.29, 0.717) is 13.2 Å². The summed E-state index contributed by atoms with van der Waals surface area (Å²) in [6.07, 6.45) is 0.914. The van der Waals surface area contributed by atoms with Gasteiger partial charge in [0.15, 0.2) is 11.5 Å². The van der Waals surface area contributed by atoms with Gasteiger partial charge in [-0.3, -0.25) is 0 Å². The van der Waals surface area contributed by atoms with Gasteiger partial charge in [0.25, 0.3) is 0 Å². The van der Waals surface area contributed by atoms with Crippen LogP contribution in [0.2, 0.25) is 0 Å². The molecule has 0 saturated heterocycles. The minimum absolute atomic E-state index is 0.0147. The number of benzene rings is 1. The Morgan fingerprint density at radius 3 is 2.55 bits per heavy atom. The summed E-state index contributed by atoms with van der Waals surface area (Å²) < 4.78 is 17.1. The molecule has 1 aromatic carbocycles. The number of nitrogens with one attached hydrogen (secondary N) is 1. The second kappa shape index (κ2) is 5.59. The molecule has 0 amide bonds. The van der Waals surface area contributed by atoms with Crippen molar-refractivity contribution in [3.8, 4) is 11.5 Å². The Kier molecular flexibility index (Phi) is 3.65. The summed E-state index contributed by atoms with van der Waals surface area (Å²) in [6, 6.07) is 10.0. The molecule has 0 saturated carbocycles. The molecule has 0 aliphatic carbocycles. The monoisotopic (exact) mass is 273 g/mol. The van der Waals surface area contributed by atoms with Crippen molar-refractivity contribution in [2.45, 2.75) is 19.4 Å². The topological polar surface area (TPSA) is 43.6 Å². The van der Waals surface area contributed by atoms with Crippen LogP contribution in [0.5, 0.6) is 11.5 Å². The van der Waals surface area contributed by atoms with Crippen LogP contribution in [0.15, 0.2) is 34.7 Å². The van der Waals surface area contributed by atoms with Crippen LogP contribution in [0.1, 0.15) is 29.5 Å². The van der Waals surface area contributed by atoms with E-state index in [1.165, 1.54) is 0 Å². The fourth-order valence-corrected chi connectivity index (χ4v) is 2.44. The van der Waals surface area contributed by atoms with E-state index in [-0.39, 0.29) is 6.04 Å². The first-order chi connectivity index (χ1) is 9.78. The molecule has 2 aromatic rings. The van der Waals surface area contributed by atoms with Gasteiger partial charge in [-0.25, -0.2) is 0 Å². The third-order valence-corrected chi connectivity index (χ3v) is 3.44. The molecule has 1 aromatic heterocycles. The van der Waals surface area contributed by atoms with Crippen LogP contribution in [0.25, 0.3) is 0 Å². The molecule has 1 aliphatic rings. The largest absolute Gasteiger partial charge is 0.490 e. The van der Waals surface area contributed by atoms with E-state index in [4.69, 9.17) is 13.9 Å². The first-order valence-electron chi connectivity index (χ1n) is 6.91. The number of furan rings is 1. The van der Waals surface area contributed by atoms with Crippen molar-refractivity contribution in [3.05, 3.63) is 47.4 Å². The minimum Gasteiger partial charge on any atom is -0.490 e. The van der Waals surface area contributed by atoms with Gasteiger partial charge in [0, 0.05) is 6.42 Å². The summed E-state index contributed by atoms with van der Waals surface area (Å²) in [6.45, 7) is 3.35. The van der Waals surface area contributed by atoms with Crippen LogP contribution in [0.4, 0.5) is 0 Å². The number of rotatable bonds is 3. The Labute approximate surface area is 118 Å². The Morgan fingerprint density at radius 1 is 1.05 bits per heavy atom. The molecule has 1 N–H and O–H groups in total. The average molecular weight is 273 g/mol. The number of hydrogen-bond acceptors (Lipinski definition) is 4. The van der Waals surface area contributed by atoms with Gasteiger partial charge in [-0.05, 0) is 43.8 Å². The molecule has 0 bridgehead atoms. The minimum atomic E-state index is 0.0147. The van der Waals surface area contributed by atoms with E-state index in [9.17, 15) is 0 Å². The molecule has 20 heavy (non-hydrogen) atoms. The molecule has 0 spiro atoms. The predicted octanol–water partition coefficient (Wildman–Crippen LogP) is 3.06. The van der Waals surface area contributed by atoms with Crippen molar-refractivity contribution < 1.29 is 13.9 Å². The zero-order chi connectivity index (χ0) is 13.9. The second-order valence-electron chi connectivity index (χ2n) is 4.93. The number of ether oxygens (including phenoxy) is 2. The quantitative estimate of drug-likeness (QED) is 0.933. The highest BCUT2D eigenvalue weighted by Gasteiger charge is 2.19. The van der Waals surface area contributed by atoms with Gasteiger partial charge >= 0.3 is 0 Å². The van der Waals surface area contributed by atoms with Gasteiger partial charge in [0.2, 0.25) is 0 Å². The summed E-state index contributed by atoms with van der Waals surface area (Å²) in [4.78, 5) is 0. The second-order valence-corrected chi connectivity index (χ2v) is 4.93. The molecule has 0 radical (unpaired) electrons. The van der Waals surface area contributed by atoms with Crippen molar-refractivity contribution in [2.24, 2.45) is 0 Å². The van der Waals surface area contributed by atoms with Gasteiger partial charge in [0.1, 0.15) is 11.5 Å². The highest BCUT2D eigenvalue weighted by atomic mass is 16.5. The van der Waals surface area contributed by atoms with Gasteiger partial charge in [0.05, 0.1) is 19.3 Å². The molecule has 1 unspecified atom stereocenters. The number of fused-ring (bicyclic) bond motifs is 1. The third-order valence-electron chi connectivity index (χ3n) is 3.44. The molecule has 1 aliphatic heterocycles. The van der Waals surface area contributed by atoms with Gasteiger partial charge < -0.3 is 19.2 Å². The van der Waals surface area contributed by atoms with Crippen LogP contribution < -0.4 is 14.8 Å². The van der Waals surface area contributed by atoms with Crippen LogP contribution in [0.3, 0.4) is 0 Å². The molecule has 2 heterocycles. The van der Waals surface area contributed by atoms with Crippen LogP contribution in [0, 0.1) is 6.92 Å². The van der Waals surface area contributed by atoms with Crippen molar-refractivity contribution >= 4 is 0 Å². The molecule has 4 heteroatoms. The van der Waals surface area contributed by atoms with E-state index >= 15 is 0 Å². The lowest BCUT2D eigenvalue weighted by Crippen LogP contribution is -2.17. The zero-order valence-corrected chi connectivity index (χ0v) is 11.8. The summed E-state index contributed by atoms with van der Waals surface area (Å²) >= 11 is 0. The fraction of sp³-hybridized carbons (Fsp3) is 0.375. The summed E-state index contributed by atoms with van der Waals surface area (Å²) in [7, 11) is 1.92. The SMILES string of the molecule is CNC(c1ccc2c(c1)OCCCO2)c1ccc(C)o1. The maximum Gasteiger partial charge on any atom is 0.161 e. The molecular formula is C16H19NO3. The lowest BCUT2D eigenvalue weighted by Gasteiger charge is -2.16. The lowest BCUT2D eigenvalue weighted by molar-refractivity contribution is 0.297. The first kappa shape index (κ1) is 13.1. The number of aryl methyl sites for hydroxylation is 1. The van der Waals surface area contributed by atoms with Crippen molar-refractivity contribution in [3.63, 3.8) is 0 Å². The smallest absolute Gasteiger partial charge is 0.161 e. The van der Waals surface area contributed by atoms with Crippen molar-refractivity contribution in [2.75, 3.05) is 20.3 Å². The Balaban J connectivity index is 1.94. The van der Waals surface area contributed by atoms with Crippen LogP contribution in [-0.4, -0.2) is 20.3 Å². The average Bonchev–Trinajstić information content (AvgIpc) is 2.75. The van der Waals surface area contributed by atoms with Crippen molar-refractivity contribution in [1.82, 2.24) is 5.32 Å². The van der Waals surface area contributed by atoms with Crippen molar-refractivity contribution in [1.29, 1.82) is 0 Å². The Bertz CT molecular complexity index is 591. The summed E-state index contributed by atoms with van der Waals surface area (Å²) in [5.74, 6) is 3.44. The molecule has 0 fully saturated rings. The van der Waals surface area contributed by atoms with Gasteiger partial charge in [-0.2, -0.15) is 0 Å². The lowest BCUT2D eigenvalue weighted by atomic mass is 10.0. The normalized spacial score (nSPS) is 15.7. The summed E-state index contributed by atoms with van der Waals surface area (Å²) in [5, 5.41) is 3.28.